The summed E-state index contributed by atoms with van der Waals surface area (Å²) in [6, 6.07) is 21.0. The third kappa shape index (κ3) is 3.80. The number of carbonyl (C=O) groups is 1. The summed E-state index contributed by atoms with van der Waals surface area (Å²) in [5.74, 6) is 0.467. The maximum Gasteiger partial charge on any atom is 0.221 e. The average Bonchev–Trinajstić information content (AvgIpc) is 3.10. The van der Waals surface area contributed by atoms with Crippen molar-refractivity contribution in [2.45, 2.75) is 16.7 Å². The molecule has 31 heavy (non-hydrogen) atoms. The van der Waals surface area contributed by atoms with Gasteiger partial charge in [-0.1, -0.05) is 18.2 Å². The number of benzene rings is 3. The minimum atomic E-state index is -3.80. The monoisotopic (exact) mass is 434 g/mol. The van der Waals surface area contributed by atoms with E-state index in [-0.39, 0.29) is 15.7 Å². The Morgan fingerprint density at radius 2 is 1.65 bits per heavy atom. The van der Waals surface area contributed by atoms with Crippen LogP contribution < -0.4 is 10.1 Å². The van der Waals surface area contributed by atoms with Crippen molar-refractivity contribution in [1.29, 1.82) is 0 Å². The summed E-state index contributed by atoms with van der Waals surface area (Å²) in [7, 11) is -0.324. The molecule has 158 valence electrons. The number of hydrogen-bond acceptors (Lipinski definition) is 4. The van der Waals surface area contributed by atoms with E-state index in [4.69, 9.17) is 4.74 Å². The second kappa shape index (κ2) is 7.92. The van der Waals surface area contributed by atoms with E-state index in [1.165, 1.54) is 13.0 Å². The van der Waals surface area contributed by atoms with Crippen molar-refractivity contribution in [1.82, 2.24) is 4.57 Å². The van der Waals surface area contributed by atoms with Gasteiger partial charge in [0.05, 0.1) is 22.4 Å². The third-order valence-electron chi connectivity index (χ3n) is 5.17. The maximum atomic E-state index is 13.5. The van der Waals surface area contributed by atoms with Crippen LogP contribution in [-0.2, 0) is 21.7 Å². The van der Waals surface area contributed by atoms with Gasteiger partial charge in [0, 0.05) is 30.7 Å². The molecule has 0 saturated heterocycles. The number of amides is 1. The van der Waals surface area contributed by atoms with Gasteiger partial charge in [-0.15, -0.1) is 0 Å². The van der Waals surface area contributed by atoms with Gasteiger partial charge in [0.1, 0.15) is 5.75 Å². The third-order valence-corrected chi connectivity index (χ3v) is 6.98. The number of nitrogens with zero attached hydrogens (tertiary/aromatic N) is 1. The minimum Gasteiger partial charge on any atom is -0.497 e. The van der Waals surface area contributed by atoms with Gasteiger partial charge in [0.2, 0.25) is 15.7 Å². The minimum absolute atomic E-state index is 0.148. The number of carbonyl (C=O) groups excluding carboxylic acids is 1. The molecule has 4 rings (SSSR count). The van der Waals surface area contributed by atoms with Crippen molar-refractivity contribution in [3.63, 3.8) is 0 Å². The van der Waals surface area contributed by atoms with Gasteiger partial charge in [-0.05, 0) is 60.2 Å². The second-order valence-electron chi connectivity index (χ2n) is 7.22. The van der Waals surface area contributed by atoms with Gasteiger partial charge in [-0.2, -0.15) is 0 Å². The number of hydrogen-bond donors (Lipinski definition) is 1. The number of sulfone groups is 1. The van der Waals surface area contributed by atoms with E-state index in [2.05, 4.69) is 5.32 Å². The number of aryl methyl sites for hydroxylation is 1. The van der Waals surface area contributed by atoms with E-state index in [0.29, 0.717) is 16.6 Å². The SMILES string of the molecule is COc1ccc(-c2cc3c(S(=O)(=O)c4ccccc4)cc(NC(C)=O)cc3n2C)cc1. The van der Waals surface area contributed by atoms with Crippen LogP contribution in [0.25, 0.3) is 22.2 Å². The summed E-state index contributed by atoms with van der Waals surface area (Å²) in [4.78, 5) is 12.0. The zero-order valence-electron chi connectivity index (χ0n) is 17.4. The van der Waals surface area contributed by atoms with Crippen LogP contribution in [0.1, 0.15) is 6.92 Å². The Labute approximate surface area is 181 Å². The number of nitrogens with one attached hydrogen (secondary N) is 1. The molecule has 0 aliphatic rings. The van der Waals surface area contributed by atoms with Crippen molar-refractivity contribution in [3.05, 3.63) is 72.8 Å². The molecule has 1 N–H and O–H groups in total. The molecule has 0 saturated carbocycles. The van der Waals surface area contributed by atoms with Crippen LogP contribution in [-0.4, -0.2) is 26.0 Å². The highest BCUT2D eigenvalue weighted by Crippen LogP contribution is 2.36. The Hall–Kier alpha value is -3.58. The molecule has 7 heteroatoms. The summed E-state index contributed by atoms with van der Waals surface area (Å²) in [6.45, 7) is 1.39. The number of anilines is 1. The van der Waals surface area contributed by atoms with Crippen LogP contribution in [0, 0.1) is 0 Å². The normalized spacial score (nSPS) is 11.5. The van der Waals surface area contributed by atoms with Gasteiger partial charge >= 0.3 is 0 Å². The van der Waals surface area contributed by atoms with Gasteiger partial charge in [0.25, 0.3) is 0 Å². The molecule has 1 amide bonds. The summed E-state index contributed by atoms with van der Waals surface area (Å²) < 4.78 is 34.1. The van der Waals surface area contributed by atoms with Crippen LogP contribution in [0.2, 0.25) is 0 Å². The fourth-order valence-electron chi connectivity index (χ4n) is 3.66. The Kier molecular flexibility index (Phi) is 5.29. The van der Waals surface area contributed by atoms with E-state index >= 15 is 0 Å². The predicted octanol–water partition coefficient (Wildman–Crippen LogP) is 4.65. The smallest absolute Gasteiger partial charge is 0.221 e. The first kappa shape index (κ1) is 20.7. The molecule has 0 bridgehead atoms. The first-order chi connectivity index (χ1) is 14.8. The molecule has 0 spiro atoms. The predicted molar refractivity (Wildman–Crippen MR) is 121 cm³/mol. The molecule has 4 aromatic rings. The quantitative estimate of drug-likeness (QED) is 0.496. The van der Waals surface area contributed by atoms with E-state index in [0.717, 1.165) is 17.0 Å². The number of methoxy groups -OCH3 is 1. The van der Waals surface area contributed by atoms with Gasteiger partial charge < -0.3 is 14.6 Å². The highest BCUT2D eigenvalue weighted by molar-refractivity contribution is 7.91. The lowest BCUT2D eigenvalue weighted by atomic mass is 10.1. The Morgan fingerprint density at radius 1 is 0.968 bits per heavy atom. The van der Waals surface area contributed by atoms with Crippen molar-refractivity contribution in [3.8, 4) is 17.0 Å². The maximum absolute atomic E-state index is 13.5. The first-order valence-corrected chi connectivity index (χ1v) is 11.1. The average molecular weight is 435 g/mol. The molecule has 0 unspecified atom stereocenters. The van der Waals surface area contributed by atoms with E-state index < -0.39 is 9.84 Å². The van der Waals surface area contributed by atoms with Crippen LogP contribution >= 0.6 is 0 Å². The van der Waals surface area contributed by atoms with Crippen molar-refractivity contribution in [2.24, 2.45) is 7.05 Å². The van der Waals surface area contributed by atoms with Gasteiger partial charge in [-0.3, -0.25) is 4.79 Å². The largest absolute Gasteiger partial charge is 0.497 e. The second-order valence-corrected chi connectivity index (χ2v) is 9.14. The molecule has 3 aromatic carbocycles. The Bertz CT molecular complexity index is 1370. The van der Waals surface area contributed by atoms with E-state index in [9.17, 15) is 13.2 Å². The number of aromatic nitrogens is 1. The Balaban J connectivity index is 1.99. The molecular formula is C24H22N2O4S. The lowest BCUT2D eigenvalue weighted by Crippen LogP contribution is -2.08. The first-order valence-electron chi connectivity index (χ1n) is 9.67. The standard InChI is InChI=1S/C24H22N2O4S/c1-16(27)25-18-13-23-21(24(14-18)31(28,29)20-7-5-4-6-8-20)15-22(26(23)2)17-9-11-19(30-3)12-10-17/h4-15H,1-3H3,(H,25,27). The highest BCUT2D eigenvalue weighted by Gasteiger charge is 2.24. The molecule has 1 aromatic heterocycles. The molecule has 0 aliphatic carbocycles. The van der Waals surface area contributed by atoms with Crippen LogP contribution in [0.3, 0.4) is 0 Å². The van der Waals surface area contributed by atoms with Crippen molar-refractivity contribution in [2.75, 3.05) is 12.4 Å². The summed E-state index contributed by atoms with van der Waals surface area (Å²) in [6.07, 6.45) is 0. The number of rotatable bonds is 5. The van der Waals surface area contributed by atoms with Gasteiger partial charge in [-0.25, -0.2) is 8.42 Å². The zero-order chi connectivity index (χ0) is 22.2. The molecule has 6 nitrogen and oxygen atoms in total. The molecule has 0 atom stereocenters. The molecule has 1 heterocycles. The molecular weight excluding hydrogens is 412 g/mol. The summed E-state index contributed by atoms with van der Waals surface area (Å²) >= 11 is 0. The van der Waals surface area contributed by atoms with Crippen LogP contribution in [0.5, 0.6) is 5.75 Å². The van der Waals surface area contributed by atoms with Crippen LogP contribution in [0.4, 0.5) is 5.69 Å². The van der Waals surface area contributed by atoms with Crippen molar-refractivity contribution < 1.29 is 17.9 Å². The topological polar surface area (TPSA) is 77.4 Å². The highest BCUT2D eigenvalue weighted by atomic mass is 32.2. The number of fused-ring (bicyclic) bond motifs is 1. The van der Waals surface area contributed by atoms with E-state index in [1.54, 1.807) is 43.5 Å². The fraction of sp³-hybridized carbons (Fsp3) is 0.125. The van der Waals surface area contributed by atoms with Crippen molar-refractivity contribution >= 4 is 32.3 Å². The van der Waals surface area contributed by atoms with E-state index in [1.807, 2.05) is 41.9 Å². The number of ether oxygens (including phenoxy) is 1. The lowest BCUT2D eigenvalue weighted by Gasteiger charge is -2.11. The molecule has 0 radical (unpaired) electrons. The fourth-order valence-corrected chi connectivity index (χ4v) is 5.17. The molecule has 0 fully saturated rings. The Morgan fingerprint density at radius 3 is 2.26 bits per heavy atom. The zero-order valence-corrected chi connectivity index (χ0v) is 18.2. The molecule has 0 aliphatic heterocycles. The van der Waals surface area contributed by atoms with Crippen LogP contribution in [0.15, 0.2) is 82.6 Å². The summed E-state index contributed by atoms with van der Waals surface area (Å²) in [5, 5.41) is 3.31. The van der Waals surface area contributed by atoms with Gasteiger partial charge in [0.15, 0.2) is 0 Å². The summed E-state index contributed by atoms with van der Waals surface area (Å²) in [5.41, 5.74) is 2.90. The lowest BCUT2D eigenvalue weighted by molar-refractivity contribution is -0.114.